The van der Waals surface area contributed by atoms with E-state index in [1.807, 2.05) is 30.3 Å². The molecule has 37 heavy (non-hydrogen) atoms. The fraction of sp³-hybridized carbons (Fsp3) is 0.148. The molecular weight excluding hydrogens is 494 g/mol. The Morgan fingerprint density at radius 2 is 1.89 bits per heavy atom. The van der Waals surface area contributed by atoms with Gasteiger partial charge in [-0.25, -0.2) is 9.79 Å². The molecule has 0 N–H and O–H groups in total. The van der Waals surface area contributed by atoms with Gasteiger partial charge in [0.25, 0.3) is 11.2 Å². The van der Waals surface area contributed by atoms with Crippen molar-refractivity contribution >= 4 is 29.1 Å². The van der Waals surface area contributed by atoms with E-state index in [4.69, 9.17) is 9.15 Å². The van der Waals surface area contributed by atoms with E-state index < -0.39 is 16.9 Å². The van der Waals surface area contributed by atoms with Gasteiger partial charge in [0.1, 0.15) is 11.5 Å². The van der Waals surface area contributed by atoms with Crippen LogP contribution < -0.4 is 14.9 Å². The summed E-state index contributed by atoms with van der Waals surface area (Å²) in [5.41, 5.74) is 1.95. The maximum Gasteiger partial charge on any atom is 0.338 e. The summed E-state index contributed by atoms with van der Waals surface area (Å²) in [6.45, 7) is 3.67. The van der Waals surface area contributed by atoms with Crippen LogP contribution in [0.15, 0.2) is 92.2 Å². The van der Waals surface area contributed by atoms with Gasteiger partial charge in [-0.3, -0.25) is 19.5 Å². The minimum absolute atomic E-state index is 0.0120. The van der Waals surface area contributed by atoms with Gasteiger partial charge < -0.3 is 9.15 Å². The van der Waals surface area contributed by atoms with E-state index in [2.05, 4.69) is 4.99 Å². The van der Waals surface area contributed by atoms with Crippen molar-refractivity contribution in [3.05, 3.63) is 119 Å². The van der Waals surface area contributed by atoms with Crippen LogP contribution in [0.3, 0.4) is 0 Å². The lowest BCUT2D eigenvalue weighted by molar-refractivity contribution is -0.384. The predicted molar refractivity (Wildman–Crippen MR) is 138 cm³/mol. The van der Waals surface area contributed by atoms with Crippen molar-refractivity contribution in [2.75, 3.05) is 6.61 Å². The van der Waals surface area contributed by atoms with Crippen molar-refractivity contribution < 1.29 is 18.9 Å². The number of hydrogen-bond donors (Lipinski definition) is 0. The maximum absolute atomic E-state index is 13.6. The molecule has 0 aliphatic carbocycles. The highest BCUT2D eigenvalue weighted by Crippen LogP contribution is 2.30. The summed E-state index contributed by atoms with van der Waals surface area (Å²) in [5, 5.41) is 10.9. The van der Waals surface area contributed by atoms with E-state index in [9.17, 15) is 19.7 Å². The van der Waals surface area contributed by atoms with Gasteiger partial charge in [-0.05, 0) is 43.7 Å². The molecule has 2 aromatic heterocycles. The van der Waals surface area contributed by atoms with Crippen molar-refractivity contribution in [2.24, 2.45) is 4.99 Å². The topological polar surface area (TPSA) is 117 Å². The third kappa shape index (κ3) is 4.54. The Kier molecular flexibility index (Phi) is 6.41. The fourth-order valence-corrected chi connectivity index (χ4v) is 5.23. The lowest BCUT2D eigenvalue weighted by Gasteiger charge is -2.24. The van der Waals surface area contributed by atoms with Gasteiger partial charge in [0, 0.05) is 23.8 Å². The fourth-order valence-electron chi connectivity index (χ4n) is 4.20. The van der Waals surface area contributed by atoms with Crippen molar-refractivity contribution in [3.63, 3.8) is 0 Å². The number of benzene rings is 2. The molecule has 0 unspecified atom stereocenters. The van der Waals surface area contributed by atoms with Crippen molar-refractivity contribution in [1.29, 1.82) is 0 Å². The van der Waals surface area contributed by atoms with E-state index in [-0.39, 0.29) is 17.9 Å². The first kappa shape index (κ1) is 24.1. The lowest BCUT2D eigenvalue weighted by Crippen LogP contribution is -2.39. The summed E-state index contributed by atoms with van der Waals surface area (Å²) >= 11 is 1.20. The largest absolute Gasteiger partial charge is 0.463 e. The zero-order valence-electron chi connectivity index (χ0n) is 19.9. The van der Waals surface area contributed by atoms with Crippen molar-refractivity contribution in [3.8, 4) is 11.3 Å². The lowest BCUT2D eigenvalue weighted by atomic mass is 9.96. The number of non-ortho nitro benzene ring substituents is 1. The Hall–Kier alpha value is -4.57. The Bertz CT molecular complexity index is 1710. The minimum Gasteiger partial charge on any atom is -0.463 e. The van der Waals surface area contributed by atoms with Crippen molar-refractivity contribution in [1.82, 2.24) is 4.57 Å². The number of fused-ring (bicyclic) bond motifs is 1. The number of rotatable bonds is 6. The maximum atomic E-state index is 13.6. The third-order valence-corrected chi connectivity index (χ3v) is 6.88. The molecule has 0 amide bonds. The minimum atomic E-state index is -0.675. The molecule has 186 valence electrons. The van der Waals surface area contributed by atoms with Crippen LogP contribution >= 0.6 is 11.3 Å². The molecular formula is C27H21N3O6S. The molecule has 1 aliphatic heterocycles. The second-order valence-electron chi connectivity index (χ2n) is 8.22. The van der Waals surface area contributed by atoms with Gasteiger partial charge in [-0.1, -0.05) is 41.7 Å². The second-order valence-corrected chi connectivity index (χ2v) is 9.23. The molecule has 0 bridgehead atoms. The normalized spacial score (nSPS) is 15.3. The molecule has 10 heteroatoms. The highest BCUT2D eigenvalue weighted by Gasteiger charge is 2.33. The third-order valence-electron chi connectivity index (χ3n) is 5.90. The molecule has 3 heterocycles. The number of thiazole rings is 1. The van der Waals surface area contributed by atoms with E-state index in [1.165, 1.54) is 28.0 Å². The smallest absolute Gasteiger partial charge is 0.338 e. The van der Waals surface area contributed by atoms with E-state index >= 15 is 0 Å². The molecule has 1 atom stereocenters. The van der Waals surface area contributed by atoms with Gasteiger partial charge in [-0.15, -0.1) is 0 Å². The van der Waals surface area contributed by atoms with Crippen LogP contribution in [-0.2, 0) is 9.53 Å². The molecule has 9 nitrogen and oxygen atoms in total. The van der Waals surface area contributed by atoms with Crippen LogP contribution in [-0.4, -0.2) is 22.1 Å². The molecule has 0 saturated heterocycles. The van der Waals surface area contributed by atoms with Crippen LogP contribution in [0.4, 0.5) is 5.69 Å². The average Bonchev–Trinajstić information content (AvgIpc) is 3.48. The van der Waals surface area contributed by atoms with Crippen LogP contribution in [0.2, 0.25) is 0 Å². The number of carbonyl (C=O) groups excluding carboxylic acids is 1. The number of aromatic nitrogens is 1. The average molecular weight is 516 g/mol. The predicted octanol–water partition coefficient (Wildman–Crippen LogP) is 3.97. The molecule has 4 aromatic rings. The van der Waals surface area contributed by atoms with Crippen LogP contribution in [0, 0.1) is 10.1 Å². The van der Waals surface area contributed by atoms with Gasteiger partial charge in [-0.2, -0.15) is 0 Å². The first-order chi connectivity index (χ1) is 17.9. The highest BCUT2D eigenvalue weighted by atomic mass is 32.1. The number of ether oxygens (including phenoxy) is 1. The molecule has 5 rings (SSSR count). The summed E-state index contributed by atoms with van der Waals surface area (Å²) in [5.74, 6) is 0.443. The zero-order valence-corrected chi connectivity index (χ0v) is 20.7. The molecule has 0 radical (unpaired) electrons. The zero-order chi connectivity index (χ0) is 26.1. The number of nitro benzene ring substituents is 1. The Morgan fingerprint density at radius 1 is 1.16 bits per heavy atom. The monoisotopic (exact) mass is 515 g/mol. The van der Waals surface area contributed by atoms with Gasteiger partial charge in [0.2, 0.25) is 0 Å². The van der Waals surface area contributed by atoms with Gasteiger partial charge in [0.15, 0.2) is 4.80 Å². The Labute approximate surface area is 214 Å². The Morgan fingerprint density at radius 3 is 2.57 bits per heavy atom. The second kappa shape index (κ2) is 9.82. The highest BCUT2D eigenvalue weighted by molar-refractivity contribution is 7.07. The molecule has 2 aromatic carbocycles. The number of nitrogens with zero attached hydrogens (tertiary/aromatic N) is 3. The van der Waals surface area contributed by atoms with Gasteiger partial charge >= 0.3 is 5.97 Å². The van der Waals surface area contributed by atoms with E-state index in [0.29, 0.717) is 37.7 Å². The summed E-state index contributed by atoms with van der Waals surface area (Å²) in [6, 6.07) is 18.1. The standard InChI is InChI=1S/C27H21N3O6S/c1-3-35-26(32)23-16(2)28-27-29(24(23)18-7-5-4-6-8-18)25(31)22(37-27)15-20-13-14-21(36-20)17-9-11-19(12-10-17)30(33)34/h4-15,24H,3H2,1-2H3/b22-15+/t24-/m0/s1. The summed E-state index contributed by atoms with van der Waals surface area (Å²) in [6.07, 6.45) is 1.63. The van der Waals surface area contributed by atoms with Crippen molar-refractivity contribution in [2.45, 2.75) is 19.9 Å². The number of hydrogen-bond acceptors (Lipinski definition) is 8. The number of furan rings is 1. The van der Waals surface area contributed by atoms with Crippen LogP contribution in [0.1, 0.15) is 31.2 Å². The van der Waals surface area contributed by atoms with Crippen LogP contribution in [0.5, 0.6) is 0 Å². The van der Waals surface area contributed by atoms with Gasteiger partial charge in [0.05, 0.1) is 33.4 Å². The SMILES string of the molecule is CCOC(=O)C1=C(C)N=c2s/c(=C/c3ccc(-c4ccc([N+](=O)[O-])cc4)o3)c(=O)n2[C@H]1c1ccccc1. The summed E-state index contributed by atoms with van der Waals surface area (Å²) < 4.78 is 13.1. The molecule has 0 fully saturated rings. The molecule has 1 aliphatic rings. The number of allylic oxidation sites excluding steroid dienone is 1. The van der Waals surface area contributed by atoms with E-state index in [0.717, 1.165) is 5.56 Å². The quantitative estimate of drug-likeness (QED) is 0.218. The first-order valence-electron chi connectivity index (χ1n) is 11.5. The first-order valence-corrected chi connectivity index (χ1v) is 12.3. The summed E-state index contributed by atoms with van der Waals surface area (Å²) in [7, 11) is 0. The Balaban J connectivity index is 1.59. The van der Waals surface area contributed by atoms with Crippen LogP contribution in [0.25, 0.3) is 17.4 Å². The number of esters is 1. The number of carbonyl (C=O) groups is 1. The summed E-state index contributed by atoms with van der Waals surface area (Å²) in [4.78, 5) is 42.0. The molecule has 0 spiro atoms. The number of nitro groups is 1. The van der Waals surface area contributed by atoms with E-state index in [1.54, 1.807) is 44.2 Å². The molecule has 0 saturated carbocycles.